The first-order chi connectivity index (χ1) is 22.3. The molecule has 15 heteroatoms. The molecular weight excluding hydrogens is 649 g/mol. The fraction of sp³-hybridized carbons (Fsp3) is 0.364. The predicted molar refractivity (Wildman–Crippen MR) is 173 cm³/mol. The molecule has 0 aliphatic carbocycles. The van der Waals surface area contributed by atoms with Gasteiger partial charge in [0.05, 0.1) is 40.6 Å². The van der Waals surface area contributed by atoms with Gasteiger partial charge in [-0.3, -0.25) is 9.78 Å². The van der Waals surface area contributed by atoms with Crippen molar-refractivity contribution in [3.05, 3.63) is 77.6 Å². The second kappa shape index (κ2) is 12.7. The number of alkyl carbamates (subject to hydrolysis) is 1. The van der Waals surface area contributed by atoms with E-state index in [1.165, 1.54) is 11.0 Å². The molecule has 0 saturated carbocycles. The van der Waals surface area contributed by atoms with E-state index in [9.17, 15) is 31.2 Å². The molecule has 1 aliphatic rings. The van der Waals surface area contributed by atoms with Gasteiger partial charge in [0.2, 0.25) is 0 Å². The van der Waals surface area contributed by atoms with Crippen molar-refractivity contribution in [2.45, 2.75) is 62.9 Å². The second-order valence-electron chi connectivity index (χ2n) is 12.8. The maximum Gasteiger partial charge on any atom is 0.413 e. The first-order valence-electron chi connectivity index (χ1n) is 15.0. The van der Waals surface area contributed by atoms with E-state index >= 15 is 0 Å². The lowest BCUT2D eigenvalue weighted by Gasteiger charge is -2.33. The summed E-state index contributed by atoms with van der Waals surface area (Å²) in [5.41, 5.74) is -0.809. The first kappa shape index (κ1) is 34.5. The van der Waals surface area contributed by atoms with Crippen molar-refractivity contribution in [3.63, 3.8) is 0 Å². The van der Waals surface area contributed by atoms with Crippen LogP contribution in [-0.4, -0.2) is 72.0 Å². The summed E-state index contributed by atoms with van der Waals surface area (Å²) in [6, 6.07) is 14.6. The molecule has 3 aromatic heterocycles. The number of rotatable bonds is 7. The van der Waals surface area contributed by atoms with Crippen molar-refractivity contribution in [1.82, 2.24) is 25.6 Å². The van der Waals surface area contributed by atoms with Crippen LogP contribution in [0, 0.1) is 6.92 Å². The molecule has 1 aliphatic heterocycles. The summed E-state index contributed by atoms with van der Waals surface area (Å²) in [5, 5.41) is 5.53. The number of aromatic nitrogens is 3. The molecule has 1 fully saturated rings. The third-order valence-electron chi connectivity index (χ3n) is 7.78. The molecule has 2 N–H and O–H groups in total. The minimum Gasteiger partial charge on any atom is -0.444 e. The Balaban J connectivity index is 1.33. The van der Waals surface area contributed by atoms with E-state index in [1.54, 1.807) is 82.4 Å². The number of carbonyl (C=O) groups is 2. The molecule has 48 heavy (non-hydrogen) atoms. The van der Waals surface area contributed by atoms with Gasteiger partial charge in [0.25, 0.3) is 5.91 Å². The lowest BCUT2D eigenvalue weighted by Crippen LogP contribution is -2.61. The maximum atomic E-state index is 14.3. The number of alkyl halides is 3. The smallest absolute Gasteiger partial charge is 0.413 e. The van der Waals surface area contributed by atoms with Gasteiger partial charge in [-0.15, -0.1) is 0 Å². The van der Waals surface area contributed by atoms with E-state index in [1.807, 2.05) is 0 Å². The first-order valence-corrected chi connectivity index (χ1v) is 16.9. The molecular formula is C33H35F3N6O5S. The Kier molecular flexibility index (Phi) is 9.12. The molecule has 0 radical (unpaired) electrons. The maximum absolute atomic E-state index is 14.3. The molecule has 4 heterocycles. The Morgan fingerprint density at radius 2 is 1.75 bits per heavy atom. The van der Waals surface area contributed by atoms with Crippen LogP contribution in [0.25, 0.3) is 22.3 Å². The predicted octanol–water partition coefficient (Wildman–Crippen LogP) is 5.37. The summed E-state index contributed by atoms with van der Waals surface area (Å²) >= 11 is 0. The summed E-state index contributed by atoms with van der Waals surface area (Å²) in [6.07, 6.45) is -3.58. The van der Waals surface area contributed by atoms with Crippen molar-refractivity contribution in [1.29, 1.82) is 0 Å². The van der Waals surface area contributed by atoms with Gasteiger partial charge in [0.15, 0.2) is 15.4 Å². The lowest BCUT2D eigenvalue weighted by atomic mass is 9.98. The normalized spacial score (nSPS) is 17.0. The van der Waals surface area contributed by atoms with E-state index in [2.05, 4.69) is 20.6 Å². The standard InChI is InChI=1S/C33H35F3N6O5S/c1-20-9-10-21(15-27(20)48(5,45)46)29(43)38-18-23-16-26-22(17-37-23)11-12-25(39-26)24-7-6-8-28(40-24)42-14-13-32(19-42,33(34,35)36)41-30(44)47-31(2,3)4/h6-12,15-17H,13-14,18-19H2,1-5H3,(H,38,43)(H,41,44). The summed E-state index contributed by atoms with van der Waals surface area (Å²) < 4.78 is 72.2. The van der Waals surface area contributed by atoms with Crippen LogP contribution < -0.4 is 15.5 Å². The van der Waals surface area contributed by atoms with Crippen LogP contribution in [0.2, 0.25) is 0 Å². The number of ether oxygens (including phenoxy) is 1. The average Bonchev–Trinajstić information content (AvgIpc) is 3.43. The minimum absolute atomic E-state index is 0.00415. The van der Waals surface area contributed by atoms with E-state index in [0.29, 0.717) is 39.4 Å². The van der Waals surface area contributed by atoms with Gasteiger partial charge in [-0.2, -0.15) is 13.2 Å². The number of hydrogen-bond donors (Lipinski definition) is 2. The SMILES string of the molecule is Cc1ccc(C(=O)NCc2cc3nc(-c4cccc(N5CCC(NC(=O)OC(C)(C)C)(C(F)(F)F)C5)n4)ccc3cn2)cc1S(C)(=O)=O. The average molecular weight is 685 g/mol. The molecule has 1 aromatic carbocycles. The molecule has 1 unspecified atom stereocenters. The third kappa shape index (κ3) is 7.67. The van der Waals surface area contributed by atoms with Crippen LogP contribution in [0.15, 0.2) is 65.7 Å². The highest BCUT2D eigenvalue weighted by atomic mass is 32.2. The molecule has 0 bridgehead atoms. The zero-order valence-electron chi connectivity index (χ0n) is 27.0. The summed E-state index contributed by atoms with van der Waals surface area (Å²) in [5.74, 6) is -0.179. The fourth-order valence-corrected chi connectivity index (χ4v) is 6.36. The van der Waals surface area contributed by atoms with Gasteiger partial charge in [0, 0.05) is 29.9 Å². The van der Waals surface area contributed by atoms with Crippen molar-refractivity contribution in [2.75, 3.05) is 24.2 Å². The number of amides is 2. The van der Waals surface area contributed by atoms with Gasteiger partial charge in [-0.1, -0.05) is 12.1 Å². The monoisotopic (exact) mass is 684 g/mol. The van der Waals surface area contributed by atoms with Gasteiger partial charge < -0.3 is 20.3 Å². The van der Waals surface area contributed by atoms with Gasteiger partial charge in [-0.05, 0) is 82.1 Å². The summed E-state index contributed by atoms with van der Waals surface area (Å²) in [7, 11) is -3.51. The highest BCUT2D eigenvalue weighted by Gasteiger charge is 2.59. The number of halogens is 3. The number of fused-ring (bicyclic) bond motifs is 1. The van der Waals surface area contributed by atoms with Crippen LogP contribution in [0.1, 0.15) is 48.8 Å². The number of nitrogens with one attached hydrogen (secondary N) is 2. The number of pyridine rings is 3. The van der Waals surface area contributed by atoms with E-state index < -0.39 is 45.7 Å². The fourth-order valence-electron chi connectivity index (χ4n) is 5.36. The van der Waals surface area contributed by atoms with Crippen LogP contribution in [0.5, 0.6) is 0 Å². The van der Waals surface area contributed by atoms with Crippen molar-refractivity contribution in [3.8, 4) is 11.4 Å². The summed E-state index contributed by atoms with van der Waals surface area (Å²) in [4.78, 5) is 40.4. The third-order valence-corrected chi connectivity index (χ3v) is 9.02. The topological polar surface area (TPSA) is 143 Å². The largest absolute Gasteiger partial charge is 0.444 e. The minimum atomic E-state index is -4.74. The van der Waals surface area contributed by atoms with E-state index in [-0.39, 0.29) is 30.0 Å². The van der Waals surface area contributed by atoms with E-state index in [0.717, 1.165) is 6.26 Å². The Labute approximate surface area is 275 Å². The van der Waals surface area contributed by atoms with E-state index in [4.69, 9.17) is 9.72 Å². The number of benzene rings is 1. The quantitative estimate of drug-likeness (QED) is 0.263. The molecule has 5 rings (SSSR count). The zero-order valence-corrected chi connectivity index (χ0v) is 27.8. The van der Waals surface area contributed by atoms with Crippen LogP contribution in [0.4, 0.5) is 23.8 Å². The Bertz CT molecular complexity index is 2000. The molecule has 1 atom stereocenters. The van der Waals surface area contributed by atoms with Gasteiger partial charge in [0.1, 0.15) is 11.4 Å². The number of nitrogens with zero attached hydrogens (tertiary/aromatic N) is 4. The van der Waals surface area contributed by atoms with Gasteiger partial charge in [-0.25, -0.2) is 23.2 Å². The second-order valence-corrected chi connectivity index (χ2v) is 14.7. The molecule has 1 saturated heterocycles. The summed E-state index contributed by atoms with van der Waals surface area (Å²) in [6.45, 7) is 5.87. The molecule has 4 aromatic rings. The number of carbonyl (C=O) groups excluding carboxylic acids is 2. The lowest BCUT2D eigenvalue weighted by molar-refractivity contribution is -0.188. The van der Waals surface area contributed by atoms with Crippen molar-refractivity contribution in [2.24, 2.45) is 0 Å². The number of hydrogen-bond acceptors (Lipinski definition) is 9. The van der Waals surface area contributed by atoms with Crippen LogP contribution in [-0.2, 0) is 21.1 Å². The molecule has 11 nitrogen and oxygen atoms in total. The van der Waals surface area contributed by atoms with Crippen LogP contribution >= 0.6 is 0 Å². The highest BCUT2D eigenvalue weighted by molar-refractivity contribution is 7.90. The zero-order chi connectivity index (χ0) is 35.1. The number of sulfone groups is 1. The Morgan fingerprint density at radius 1 is 1.02 bits per heavy atom. The molecule has 254 valence electrons. The van der Waals surface area contributed by atoms with Gasteiger partial charge >= 0.3 is 12.3 Å². The Morgan fingerprint density at radius 3 is 2.44 bits per heavy atom. The molecule has 2 amide bonds. The highest BCUT2D eigenvalue weighted by Crippen LogP contribution is 2.39. The van der Waals surface area contributed by atoms with Crippen molar-refractivity contribution < 1.29 is 35.9 Å². The Hall–Kier alpha value is -4.79. The van der Waals surface area contributed by atoms with Crippen LogP contribution in [0.3, 0.4) is 0 Å². The molecule has 0 spiro atoms. The number of aryl methyl sites for hydroxylation is 1. The van der Waals surface area contributed by atoms with Crippen molar-refractivity contribution >= 4 is 38.6 Å². The number of anilines is 1.